The van der Waals surface area contributed by atoms with Gasteiger partial charge in [-0.05, 0) is 54.7 Å². The molecule has 2 rings (SSSR count). The van der Waals surface area contributed by atoms with Gasteiger partial charge < -0.3 is 15.4 Å². The van der Waals surface area contributed by atoms with E-state index in [4.69, 9.17) is 12.2 Å². The first-order valence-electron chi connectivity index (χ1n) is 7.58. The fourth-order valence-electron chi connectivity index (χ4n) is 2.84. The summed E-state index contributed by atoms with van der Waals surface area (Å²) in [5.74, 6) is 1.41. The third kappa shape index (κ3) is 4.80. The van der Waals surface area contributed by atoms with Gasteiger partial charge in [0.05, 0.1) is 0 Å². The summed E-state index contributed by atoms with van der Waals surface area (Å²) in [5.41, 5.74) is 0.746. The number of benzene rings is 1. The number of hydrogen-bond donors (Lipinski definition) is 2. The minimum atomic E-state index is -2.81. The summed E-state index contributed by atoms with van der Waals surface area (Å²) >= 11 is 5.34. The fraction of sp³-hybridized carbons (Fsp3) is 0.562. The molecule has 1 aromatic rings. The van der Waals surface area contributed by atoms with Gasteiger partial charge in [-0.25, -0.2) is 0 Å². The molecule has 1 aliphatic rings. The number of halogens is 2. The van der Waals surface area contributed by atoms with Gasteiger partial charge in [0, 0.05) is 11.7 Å². The second-order valence-electron chi connectivity index (χ2n) is 5.88. The third-order valence-electron chi connectivity index (χ3n) is 4.36. The number of anilines is 1. The highest BCUT2D eigenvalue weighted by Gasteiger charge is 2.27. The molecule has 6 heteroatoms. The topological polar surface area (TPSA) is 33.3 Å². The number of thiocarbonyl (C=S) groups is 1. The Morgan fingerprint density at radius 1 is 1.23 bits per heavy atom. The molecular formula is C16H22F2N2OS. The summed E-state index contributed by atoms with van der Waals surface area (Å²) in [6.45, 7) is 1.72. The van der Waals surface area contributed by atoms with Crippen LogP contribution in [0.3, 0.4) is 0 Å². The van der Waals surface area contributed by atoms with Crippen molar-refractivity contribution in [2.45, 2.75) is 45.8 Å². The molecule has 1 aromatic carbocycles. The quantitative estimate of drug-likeness (QED) is 0.803. The lowest BCUT2D eigenvalue weighted by Crippen LogP contribution is -2.45. The first-order valence-corrected chi connectivity index (χ1v) is 7.99. The Hall–Kier alpha value is -1.43. The molecule has 1 fully saturated rings. The molecule has 0 bridgehead atoms. The zero-order chi connectivity index (χ0) is 16.1. The van der Waals surface area contributed by atoms with Gasteiger partial charge in [0.15, 0.2) is 5.11 Å². The van der Waals surface area contributed by atoms with Gasteiger partial charge in [-0.3, -0.25) is 0 Å². The van der Waals surface area contributed by atoms with Crippen LogP contribution in [0.15, 0.2) is 24.3 Å². The van der Waals surface area contributed by atoms with Crippen LogP contribution in [0.5, 0.6) is 5.75 Å². The van der Waals surface area contributed by atoms with Crippen LogP contribution in [0.2, 0.25) is 0 Å². The van der Waals surface area contributed by atoms with Crippen molar-refractivity contribution in [2.75, 3.05) is 5.32 Å². The second kappa shape index (κ2) is 7.72. The molecule has 0 amide bonds. The maximum absolute atomic E-state index is 12.1. The van der Waals surface area contributed by atoms with E-state index in [0.29, 0.717) is 23.0 Å². The predicted octanol–water partition coefficient (Wildman–Crippen LogP) is 4.40. The highest BCUT2D eigenvalue weighted by atomic mass is 32.1. The Bertz CT molecular complexity index is 495. The van der Waals surface area contributed by atoms with Gasteiger partial charge in [-0.1, -0.05) is 26.7 Å². The van der Waals surface area contributed by atoms with Gasteiger partial charge in [0.1, 0.15) is 5.75 Å². The van der Waals surface area contributed by atoms with Crippen molar-refractivity contribution in [3.05, 3.63) is 24.3 Å². The number of nitrogens with one attached hydrogen (secondary N) is 2. The Morgan fingerprint density at radius 3 is 2.55 bits per heavy atom. The van der Waals surface area contributed by atoms with Crippen molar-refractivity contribution in [2.24, 2.45) is 11.8 Å². The summed E-state index contributed by atoms with van der Waals surface area (Å²) < 4.78 is 28.5. The molecule has 2 N–H and O–H groups in total. The Balaban J connectivity index is 1.86. The van der Waals surface area contributed by atoms with E-state index in [9.17, 15) is 8.78 Å². The zero-order valence-corrected chi connectivity index (χ0v) is 13.6. The SMILES string of the molecule is C[C@H]1[C@H](C)CCC[C@@H]1NC(=S)Nc1ccc(OC(F)F)cc1. The van der Waals surface area contributed by atoms with Crippen molar-refractivity contribution in [3.8, 4) is 5.75 Å². The van der Waals surface area contributed by atoms with Crippen LogP contribution >= 0.6 is 12.2 Å². The van der Waals surface area contributed by atoms with E-state index < -0.39 is 6.61 Å². The van der Waals surface area contributed by atoms with Crippen molar-refractivity contribution in [1.82, 2.24) is 5.32 Å². The molecule has 0 aliphatic heterocycles. The van der Waals surface area contributed by atoms with E-state index in [1.165, 1.54) is 25.0 Å². The Labute approximate surface area is 135 Å². The van der Waals surface area contributed by atoms with Crippen LogP contribution in [0.1, 0.15) is 33.1 Å². The summed E-state index contributed by atoms with van der Waals surface area (Å²) in [7, 11) is 0. The van der Waals surface area contributed by atoms with Crippen molar-refractivity contribution in [1.29, 1.82) is 0 Å². The normalized spacial score (nSPS) is 24.9. The van der Waals surface area contributed by atoms with Crippen molar-refractivity contribution in [3.63, 3.8) is 0 Å². The summed E-state index contributed by atoms with van der Waals surface area (Å²) in [4.78, 5) is 0. The fourth-order valence-corrected chi connectivity index (χ4v) is 3.11. The van der Waals surface area contributed by atoms with Gasteiger partial charge in [0.25, 0.3) is 0 Å². The summed E-state index contributed by atoms with van der Waals surface area (Å²) in [6, 6.07) is 6.69. The van der Waals surface area contributed by atoms with Crippen LogP contribution in [0.4, 0.5) is 14.5 Å². The third-order valence-corrected chi connectivity index (χ3v) is 4.58. The largest absolute Gasteiger partial charge is 0.435 e. The molecular weight excluding hydrogens is 306 g/mol. The monoisotopic (exact) mass is 328 g/mol. The first kappa shape index (κ1) is 16.9. The van der Waals surface area contributed by atoms with Crippen LogP contribution in [0, 0.1) is 11.8 Å². The predicted molar refractivity (Wildman–Crippen MR) is 88.4 cm³/mol. The standard InChI is InChI=1S/C16H22F2N2OS/c1-10-4-3-5-14(11(10)2)20-16(22)19-12-6-8-13(9-7-12)21-15(17)18/h6-11,14-15H,3-5H2,1-2H3,(H2,19,20,22)/t10-,11+,14+/m1/s1. The van der Waals surface area contributed by atoms with Crippen molar-refractivity contribution < 1.29 is 13.5 Å². The molecule has 3 atom stereocenters. The molecule has 0 unspecified atom stereocenters. The molecule has 0 aromatic heterocycles. The minimum absolute atomic E-state index is 0.133. The second-order valence-corrected chi connectivity index (χ2v) is 6.28. The zero-order valence-electron chi connectivity index (χ0n) is 12.8. The smallest absolute Gasteiger partial charge is 0.387 e. The molecule has 3 nitrogen and oxygen atoms in total. The van der Waals surface area contributed by atoms with Crippen molar-refractivity contribution >= 4 is 23.0 Å². The lowest BCUT2D eigenvalue weighted by molar-refractivity contribution is -0.0498. The van der Waals surface area contributed by atoms with E-state index in [0.717, 1.165) is 12.1 Å². The van der Waals surface area contributed by atoms with E-state index in [1.807, 2.05) is 0 Å². The van der Waals surface area contributed by atoms with E-state index >= 15 is 0 Å². The maximum Gasteiger partial charge on any atom is 0.387 e. The van der Waals surface area contributed by atoms with E-state index in [2.05, 4.69) is 29.2 Å². The van der Waals surface area contributed by atoms with E-state index in [1.54, 1.807) is 12.1 Å². The minimum Gasteiger partial charge on any atom is -0.435 e. The average molecular weight is 328 g/mol. The average Bonchev–Trinajstić information content (AvgIpc) is 2.45. The number of rotatable bonds is 4. The van der Waals surface area contributed by atoms with Gasteiger partial charge >= 0.3 is 6.61 Å². The number of ether oxygens (including phenoxy) is 1. The first-order chi connectivity index (χ1) is 10.5. The summed E-state index contributed by atoms with van der Waals surface area (Å²) in [5, 5.41) is 7.01. The van der Waals surface area contributed by atoms with E-state index in [-0.39, 0.29) is 5.75 Å². The Kier molecular flexibility index (Phi) is 5.94. The van der Waals surface area contributed by atoms with Gasteiger partial charge in [-0.2, -0.15) is 8.78 Å². The maximum atomic E-state index is 12.1. The van der Waals surface area contributed by atoms with Crippen LogP contribution in [0.25, 0.3) is 0 Å². The molecule has 22 heavy (non-hydrogen) atoms. The lowest BCUT2D eigenvalue weighted by atomic mass is 9.78. The Morgan fingerprint density at radius 2 is 1.91 bits per heavy atom. The molecule has 1 saturated carbocycles. The lowest BCUT2D eigenvalue weighted by Gasteiger charge is -2.35. The highest BCUT2D eigenvalue weighted by molar-refractivity contribution is 7.80. The molecule has 0 saturated heterocycles. The van der Waals surface area contributed by atoms with Gasteiger partial charge in [-0.15, -0.1) is 0 Å². The molecule has 0 radical (unpaired) electrons. The van der Waals surface area contributed by atoms with Gasteiger partial charge in [0.2, 0.25) is 0 Å². The van der Waals surface area contributed by atoms with Crippen LogP contribution in [-0.4, -0.2) is 17.8 Å². The molecule has 0 heterocycles. The molecule has 0 spiro atoms. The number of alkyl halides is 2. The number of hydrogen-bond acceptors (Lipinski definition) is 2. The summed E-state index contributed by atoms with van der Waals surface area (Å²) in [6.07, 6.45) is 3.60. The van der Waals surface area contributed by atoms with Crippen LogP contribution < -0.4 is 15.4 Å². The van der Waals surface area contributed by atoms with Crippen LogP contribution in [-0.2, 0) is 0 Å². The molecule has 122 valence electrons. The molecule has 1 aliphatic carbocycles. The highest BCUT2D eigenvalue weighted by Crippen LogP contribution is 2.29.